The van der Waals surface area contributed by atoms with Crippen molar-refractivity contribution in [1.29, 1.82) is 0 Å². The van der Waals surface area contributed by atoms with Gasteiger partial charge in [0.05, 0.1) is 11.5 Å². The maximum absolute atomic E-state index is 13.5. The number of hydrogen-bond donors (Lipinski definition) is 1. The second kappa shape index (κ2) is 9.23. The summed E-state index contributed by atoms with van der Waals surface area (Å²) in [5, 5.41) is 10.2. The van der Waals surface area contributed by atoms with Gasteiger partial charge in [-0.15, -0.1) is 0 Å². The first-order valence-electron chi connectivity index (χ1n) is 12.0. The largest absolute Gasteiger partial charge is 0.395 e. The van der Waals surface area contributed by atoms with Crippen LogP contribution in [0, 0.1) is 24.7 Å². The number of hydrogen-bond acceptors (Lipinski definition) is 4. The van der Waals surface area contributed by atoms with Gasteiger partial charge in [0.2, 0.25) is 10.0 Å². The summed E-state index contributed by atoms with van der Waals surface area (Å²) in [4.78, 5) is 2.67. The quantitative estimate of drug-likeness (QED) is 0.705. The molecule has 0 spiro atoms. The highest BCUT2D eigenvalue weighted by Crippen LogP contribution is 2.42. The zero-order valence-corrected chi connectivity index (χ0v) is 20.0. The second-order valence-corrected chi connectivity index (χ2v) is 11.6. The molecule has 6 heteroatoms. The minimum atomic E-state index is -3.57. The van der Waals surface area contributed by atoms with Gasteiger partial charge in [-0.25, -0.2) is 8.42 Å². The van der Waals surface area contributed by atoms with Crippen molar-refractivity contribution in [1.82, 2.24) is 9.21 Å². The molecule has 2 heterocycles. The van der Waals surface area contributed by atoms with E-state index in [2.05, 4.69) is 41.0 Å². The molecule has 3 atom stereocenters. The van der Waals surface area contributed by atoms with Gasteiger partial charge in [0.1, 0.15) is 0 Å². The molecule has 2 saturated heterocycles. The summed E-state index contributed by atoms with van der Waals surface area (Å²) in [5.41, 5.74) is 3.11. The van der Waals surface area contributed by atoms with E-state index in [1.807, 2.05) is 13.0 Å². The third-order valence-electron chi connectivity index (χ3n) is 7.25. The number of fused-ring (bicyclic) bond motifs is 1. The first kappa shape index (κ1) is 22.6. The average Bonchev–Trinajstić information content (AvgIpc) is 3.62. The summed E-state index contributed by atoms with van der Waals surface area (Å²) in [6, 6.07) is 15.6. The van der Waals surface area contributed by atoms with Crippen molar-refractivity contribution in [3.05, 3.63) is 65.2 Å². The fraction of sp³-hybridized carbons (Fsp3) is 0.481. The van der Waals surface area contributed by atoms with Crippen LogP contribution in [0.1, 0.15) is 48.3 Å². The van der Waals surface area contributed by atoms with Gasteiger partial charge in [0.25, 0.3) is 0 Å². The van der Waals surface area contributed by atoms with Gasteiger partial charge in [-0.05, 0) is 74.5 Å². The van der Waals surface area contributed by atoms with Gasteiger partial charge in [-0.2, -0.15) is 4.31 Å². The molecular formula is C27H32N2O3S. The minimum absolute atomic E-state index is 0.0278. The van der Waals surface area contributed by atoms with Crippen LogP contribution in [-0.2, 0) is 10.0 Å². The second-order valence-electron chi connectivity index (χ2n) is 9.63. The summed E-state index contributed by atoms with van der Waals surface area (Å²) in [7, 11) is -3.57. The lowest BCUT2D eigenvalue weighted by atomic mass is 9.74. The van der Waals surface area contributed by atoms with Crippen molar-refractivity contribution in [3.63, 3.8) is 0 Å². The molecule has 1 saturated carbocycles. The molecular weight excluding hydrogens is 432 g/mol. The van der Waals surface area contributed by atoms with Crippen molar-refractivity contribution < 1.29 is 13.5 Å². The van der Waals surface area contributed by atoms with E-state index < -0.39 is 10.0 Å². The highest BCUT2D eigenvalue weighted by molar-refractivity contribution is 7.89. The normalized spacial score (nSPS) is 26.3. The third-order valence-corrected chi connectivity index (χ3v) is 9.11. The molecule has 3 fully saturated rings. The number of aliphatic hydroxyl groups excluding tert-OH is 1. The van der Waals surface area contributed by atoms with Crippen LogP contribution in [0.15, 0.2) is 53.4 Å². The maximum Gasteiger partial charge on any atom is 0.243 e. The molecule has 5 rings (SSSR count). The summed E-state index contributed by atoms with van der Waals surface area (Å²) in [6.45, 7) is 3.87. The van der Waals surface area contributed by atoms with Crippen LogP contribution >= 0.6 is 0 Å². The highest BCUT2D eigenvalue weighted by Gasteiger charge is 2.50. The molecule has 174 valence electrons. The predicted molar refractivity (Wildman–Crippen MR) is 129 cm³/mol. The Hall–Kier alpha value is -2.17. The van der Waals surface area contributed by atoms with Gasteiger partial charge in [-0.3, -0.25) is 4.90 Å². The molecule has 2 aromatic carbocycles. The topological polar surface area (TPSA) is 60.9 Å². The van der Waals surface area contributed by atoms with Gasteiger partial charge < -0.3 is 5.11 Å². The van der Waals surface area contributed by atoms with Crippen molar-refractivity contribution in [3.8, 4) is 11.8 Å². The van der Waals surface area contributed by atoms with E-state index in [1.165, 1.54) is 12.8 Å². The predicted octanol–water partition coefficient (Wildman–Crippen LogP) is 3.37. The number of aliphatic hydroxyl groups is 1. The van der Waals surface area contributed by atoms with Crippen LogP contribution < -0.4 is 0 Å². The third kappa shape index (κ3) is 4.61. The van der Waals surface area contributed by atoms with Gasteiger partial charge in [0, 0.05) is 42.6 Å². The number of benzene rings is 2. The van der Waals surface area contributed by atoms with E-state index in [0.717, 1.165) is 36.1 Å². The van der Waals surface area contributed by atoms with Gasteiger partial charge in [-0.1, -0.05) is 36.1 Å². The van der Waals surface area contributed by atoms with Crippen LogP contribution in [0.5, 0.6) is 0 Å². The molecule has 0 radical (unpaired) electrons. The van der Waals surface area contributed by atoms with E-state index in [-0.39, 0.29) is 24.6 Å². The first-order chi connectivity index (χ1) is 16.0. The van der Waals surface area contributed by atoms with Crippen molar-refractivity contribution in [2.45, 2.75) is 55.5 Å². The Morgan fingerprint density at radius 2 is 1.82 bits per heavy atom. The zero-order valence-electron chi connectivity index (χ0n) is 19.2. The number of sulfonamides is 1. The van der Waals surface area contributed by atoms with E-state index >= 15 is 0 Å². The summed E-state index contributed by atoms with van der Waals surface area (Å²) >= 11 is 0. The molecule has 5 nitrogen and oxygen atoms in total. The Labute approximate surface area is 197 Å². The Balaban J connectivity index is 1.40. The Morgan fingerprint density at radius 1 is 1.06 bits per heavy atom. The average molecular weight is 465 g/mol. The summed E-state index contributed by atoms with van der Waals surface area (Å²) in [6.07, 6.45) is 4.18. The molecule has 2 aliphatic heterocycles. The lowest BCUT2D eigenvalue weighted by Crippen LogP contribution is -2.67. The Bertz CT molecular complexity index is 1160. The van der Waals surface area contributed by atoms with Crippen LogP contribution in [0.2, 0.25) is 0 Å². The van der Waals surface area contributed by atoms with Crippen LogP contribution in [0.25, 0.3) is 0 Å². The fourth-order valence-corrected chi connectivity index (χ4v) is 6.86. The molecule has 3 aliphatic rings. The molecule has 2 aromatic rings. The van der Waals surface area contributed by atoms with Gasteiger partial charge >= 0.3 is 0 Å². The van der Waals surface area contributed by atoms with Crippen molar-refractivity contribution in [2.75, 3.05) is 26.2 Å². The van der Waals surface area contributed by atoms with Crippen molar-refractivity contribution >= 4 is 10.0 Å². The molecule has 1 N–H and O–H groups in total. The van der Waals surface area contributed by atoms with E-state index in [1.54, 1.807) is 22.5 Å². The number of aryl methyl sites for hydroxylation is 1. The summed E-state index contributed by atoms with van der Waals surface area (Å²) < 4.78 is 28.7. The summed E-state index contributed by atoms with van der Waals surface area (Å²) in [5.74, 6) is 7.24. The molecule has 0 unspecified atom stereocenters. The van der Waals surface area contributed by atoms with Gasteiger partial charge in [0.15, 0.2) is 0 Å². The van der Waals surface area contributed by atoms with E-state index in [9.17, 15) is 13.5 Å². The van der Waals surface area contributed by atoms with Crippen LogP contribution in [-0.4, -0.2) is 61.1 Å². The monoisotopic (exact) mass is 464 g/mol. The molecule has 0 aromatic heterocycles. The minimum Gasteiger partial charge on any atom is -0.395 e. The van der Waals surface area contributed by atoms with Crippen LogP contribution in [0.3, 0.4) is 0 Å². The highest BCUT2D eigenvalue weighted by atomic mass is 32.2. The van der Waals surface area contributed by atoms with Crippen molar-refractivity contribution in [2.24, 2.45) is 5.92 Å². The lowest BCUT2D eigenvalue weighted by molar-refractivity contribution is -0.0553. The van der Waals surface area contributed by atoms with Crippen LogP contribution in [0.4, 0.5) is 0 Å². The molecule has 33 heavy (non-hydrogen) atoms. The number of rotatable bonds is 4. The van der Waals surface area contributed by atoms with E-state index in [0.29, 0.717) is 23.9 Å². The lowest BCUT2D eigenvalue weighted by Gasteiger charge is -2.57. The Kier molecular flexibility index (Phi) is 6.32. The molecule has 0 amide bonds. The molecule has 1 aliphatic carbocycles. The zero-order chi connectivity index (χ0) is 23.0. The Morgan fingerprint density at radius 3 is 2.52 bits per heavy atom. The SMILES string of the molecule is Cc1cccc(S(=O)(=O)N2CCCCN3[C@H](C2)[C@@H](c2ccc(C#CC4CC4)cc2)[C@@H]3CO)c1. The first-order valence-corrected chi connectivity index (χ1v) is 13.5. The van der Waals surface area contributed by atoms with E-state index in [4.69, 9.17) is 0 Å². The smallest absolute Gasteiger partial charge is 0.243 e. The number of nitrogens with zero attached hydrogens (tertiary/aromatic N) is 2. The maximum atomic E-state index is 13.5. The molecule has 0 bridgehead atoms. The standard InChI is InChI=1S/C27H32N2O3S/c1-20-5-4-6-24(17-20)33(31,32)28-15-2-3-16-29-25(18-28)27(26(29)19-30)23-13-11-22(12-14-23)10-9-21-7-8-21/h4-6,11-14,17,21,25-27,30H,2-3,7-8,15-16,18-19H2,1H3/t25-,26+,27-/m1/s1. The fourth-order valence-electron chi connectivity index (χ4n) is 5.25.